The third-order valence-electron chi connectivity index (χ3n) is 2.92. The Balaban J connectivity index is 1.81. The number of nitrogens with zero attached hydrogens (tertiary/aromatic N) is 1. The Hall–Kier alpha value is 0.890. The van der Waals surface area contributed by atoms with E-state index in [0.29, 0.717) is 12.0 Å². The van der Waals surface area contributed by atoms with Gasteiger partial charge in [-0.3, -0.25) is 4.90 Å². The third-order valence-corrected chi connectivity index (χ3v) is 5.03. The van der Waals surface area contributed by atoms with Crippen LogP contribution in [0.4, 0.5) is 0 Å². The molecule has 4 heteroatoms. The number of halogens is 2. The fraction of sp³-hybridized carbons (Fsp3) is 1.00. The highest BCUT2D eigenvalue weighted by Gasteiger charge is 2.52. The summed E-state index contributed by atoms with van der Waals surface area (Å²) >= 11 is 14.1. The minimum Gasteiger partial charge on any atom is -0.299 e. The monoisotopic (exact) mass is 239 g/mol. The second-order valence-electron chi connectivity index (χ2n) is 4.08. The van der Waals surface area contributed by atoms with Crippen LogP contribution in [0, 0.1) is 5.92 Å². The Labute approximate surface area is 94.1 Å². The molecular weight excluding hydrogens is 225 g/mol. The second kappa shape index (κ2) is 3.80. The van der Waals surface area contributed by atoms with E-state index >= 15 is 0 Å². The van der Waals surface area contributed by atoms with Crippen LogP contribution in [0.5, 0.6) is 0 Å². The fourth-order valence-electron chi connectivity index (χ4n) is 1.78. The molecule has 0 amide bonds. The number of rotatable bonds is 2. The molecule has 2 unspecified atom stereocenters. The van der Waals surface area contributed by atoms with Gasteiger partial charge in [-0.05, 0) is 13.3 Å². The molecule has 1 saturated carbocycles. The second-order valence-corrected chi connectivity index (χ2v) is 6.77. The lowest BCUT2D eigenvalue weighted by atomic mass is 10.2. The predicted molar refractivity (Wildman–Crippen MR) is 60.9 cm³/mol. The van der Waals surface area contributed by atoms with Crippen LogP contribution < -0.4 is 0 Å². The molecule has 1 heterocycles. The van der Waals surface area contributed by atoms with Crippen molar-refractivity contribution in [3.05, 3.63) is 0 Å². The first-order chi connectivity index (χ1) is 6.09. The summed E-state index contributed by atoms with van der Waals surface area (Å²) in [4.78, 5) is 2.52. The molecular formula is C9H15Cl2NS. The first kappa shape index (κ1) is 10.4. The van der Waals surface area contributed by atoms with E-state index in [1.807, 2.05) is 11.8 Å². The Kier molecular flexibility index (Phi) is 3.05. The van der Waals surface area contributed by atoms with E-state index in [0.717, 1.165) is 13.0 Å². The SMILES string of the molecule is CC1CSCCN1CC1CC1(Cl)Cl. The molecule has 2 rings (SSSR count). The number of hydrogen-bond donors (Lipinski definition) is 0. The van der Waals surface area contributed by atoms with Gasteiger partial charge in [0.2, 0.25) is 0 Å². The highest BCUT2D eigenvalue weighted by atomic mass is 35.5. The molecule has 2 aliphatic rings. The van der Waals surface area contributed by atoms with Gasteiger partial charge in [-0.25, -0.2) is 0 Å². The van der Waals surface area contributed by atoms with Crippen LogP contribution in [0.3, 0.4) is 0 Å². The minimum absolute atomic E-state index is 0.399. The zero-order valence-electron chi connectivity index (χ0n) is 7.80. The van der Waals surface area contributed by atoms with Crippen molar-refractivity contribution in [3.63, 3.8) is 0 Å². The maximum Gasteiger partial charge on any atom is 0.122 e. The van der Waals surface area contributed by atoms with Crippen LogP contribution in [0.15, 0.2) is 0 Å². The van der Waals surface area contributed by atoms with Crippen LogP contribution in [-0.2, 0) is 0 Å². The summed E-state index contributed by atoms with van der Waals surface area (Å²) in [6.45, 7) is 4.58. The van der Waals surface area contributed by atoms with E-state index < -0.39 is 4.33 Å². The van der Waals surface area contributed by atoms with E-state index in [2.05, 4.69) is 11.8 Å². The van der Waals surface area contributed by atoms with Crippen molar-refractivity contribution in [3.8, 4) is 0 Å². The van der Waals surface area contributed by atoms with Crippen molar-refractivity contribution in [2.75, 3.05) is 24.6 Å². The molecule has 76 valence electrons. The van der Waals surface area contributed by atoms with Crippen molar-refractivity contribution in [1.29, 1.82) is 0 Å². The van der Waals surface area contributed by atoms with Gasteiger partial charge in [0, 0.05) is 36.6 Å². The topological polar surface area (TPSA) is 3.24 Å². The molecule has 0 spiro atoms. The van der Waals surface area contributed by atoms with Crippen molar-refractivity contribution in [2.45, 2.75) is 23.7 Å². The molecule has 0 radical (unpaired) electrons. The van der Waals surface area contributed by atoms with Gasteiger partial charge in [0.15, 0.2) is 0 Å². The summed E-state index contributed by atoms with van der Waals surface area (Å²) in [7, 11) is 0. The summed E-state index contributed by atoms with van der Waals surface area (Å²) in [6, 6.07) is 0.698. The molecule has 0 bridgehead atoms. The molecule has 0 aromatic rings. The third kappa shape index (κ3) is 2.47. The van der Waals surface area contributed by atoms with Gasteiger partial charge < -0.3 is 0 Å². The molecule has 1 aliphatic carbocycles. The van der Waals surface area contributed by atoms with Crippen LogP contribution in [-0.4, -0.2) is 39.9 Å². The van der Waals surface area contributed by atoms with Gasteiger partial charge in [0.25, 0.3) is 0 Å². The van der Waals surface area contributed by atoms with Crippen molar-refractivity contribution in [2.24, 2.45) is 5.92 Å². The Bertz CT molecular complexity index is 198. The van der Waals surface area contributed by atoms with E-state index in [1.165, 1.54) is 18.1 Å². The fourth-order valence-corrected chi connectivity index (χ4v) is 3.38. The average molecular weight is 240 g/mol. The zero-order valence-corrected chi connectivity index (χ0v) is 10.1. The quantitative estimate of drug-likeness (QED) is 0.682. The van der Waals surface area contributed by atoms with Gasteiger partial charge in [0.1, 0.15) is 4.33 Å². The zero-order chi connectivity index (χ0) is 9.47. The lowest BCUT2D eigenvalue weighted by molar-refractivity contribution is 0.222. The summed E-state index contributed by atoms with van der Waals surface area (Å²) < 4.78 is -0.399. The van der Waals surface area contributed by atoms with E-state index in [4.69, 9.17) is 23.2 Å². The molecule has 0 aromatic heterocycles. The number of thioether (sulfide) groups is 1. The highest BCUT2D eigenvalue weighted by molar-refractivity contribution is 7.99. The van der Waals surface area contributed by atoms with Crippen LogP contribution in [0.2, 0.25) is 0 Å². The van der Waals surface area contributed by atoms with Crippen molar-refractivity contribution >= 4 is 35.0 Å². The molecule has 13 heavy (non-hydrogen) atoms. The molecule has 0 N–H and O–H groups in total. The van der Waals surface area contributed by atoms with Gasteiger partial charge in [0.05, 0.1) is 0 Å². The maximum atomic E-state index is 6.01. The summed E-state index contributed by atoms with van der Waals surface area (Å²) in [5.41, 5.74) is 0. The summed E-state index contributed by atoms with van der Waals surface area (Å²) in [5.74, 6) is 3.03. The number of alkyl halides is 2. The number of hydrogen-bond acceptors (Lipinski definition) is 2. The van der Waals surface area contributed by atoms with E-state index in [1.54, 1.807) is 0 Å². The standard InChI is InChI=1S/C9H15Cl2NS/c1-7-6-13-3-2-12(7)5-8-4-9(8,10)11/h7-8H,2-6H2,1H3. The summed E-state index contributed by atoms with van der Waals surface area (Å²) in [5, 5.41) is 0. The van der Waals surface area contributed by atoms with Crippen LogP contribution in [0.1, 0.15) is 13.3 Å². The molecule has 1 saturated heterocycles. The summed E-state index contributed by atoms with van der Waals surface area (Å²) in [6.07, 6.45) is 0.979. The Morgan fingerprint density at radius 1 is 1.54 bits per heavy atom. The van der Waals surface area contributed by atoms with Crippen LogP contribution >= 0.6 is 35.0 Å². The van der Waals surface area contributed by atoms with Gasteiger partial charge in [-0.1, -0.05) is 0 Å². The van der Waals surface area contributed by atoms with Crippen LogP contribution in [0.25, 0.3) is 0 Å². The lowest BCUT2D eigenvalue weighted by Gasteiger charge is -2.33. The largest absolute Gasteiger partial charge is 0.299 e. The molecule has 2 atom stereocenters. The Morgan fingerprint density at radius 2 is 2.23 bits per heavy atom. The van der Waals surface area contributed by atoms with Gasteiger partial charge in [-0.15, -0.1) is 23.2 Å². The first-order valence-corrected chi connectivity index (χ1v) is 6.70. The highest BCUT2D eigenvalue weighted by Crippen LogP contribution is 2.53. The first-order valence-electron chi connectivity index (χ1n) is 4.79. The predicted octanol–water partition coefficient (Wildman–Crippen LogP) is 2.62. The average Bonchev–Trinajstić information content (AvgIpc) is 2.64. The Morgan fingerprint density at radius 3 is 2.77 bits per heavy atom. The normalized spacial score (nSPS) is 39.0. The van der Waals surface area contributed by atoms with E-state index in [-0.39, 0.29) is 0 Å². The molecule has 1 aliphatic heterocycles. The maximum absolute atomic E-state index is 6.01. The molecule has 1 nitrogen and oxygen atoms in total. The molecule has 2 fully saturated rings. The van der Waals surface area contributed by atoms with Crippen molar-refractivity contribution < 1.29 is 0 Å². The van der Waals surface area contributed by atoms with Crippen molar-refractivity contribution in [1.82, 2.24) is 4.90 Å². The lowest BCUT2D eigenvalue weighted by Crippen LogP contribution is -2.41. The van der Waals surface area contributed by atoms with Gasteiger partial charge >= 0.3 is 0 Å². The van der Waals surface area contributed by atoms with Gasteiger partial charge in [-0.2, -0.15) is 11.8 Å². The minimum atomic E-state index is -0.399. The molecule has 0 aromatic carbocycles. The smallest absolute Gasteiger partial charge is 0.122 e. The van der Waals surface area contributed by atoms with E-state index in [9.17, 15) is 0 Å².